The Balaban J connectivity index is 1.86. The molecule has 1 heterocycles. The number of hydrogen-bond donors (Lipinski definition) is 1. The van der Waals surface area contributed by atoms with E-state index in [4.69, 9.17) is 9.72 Å². The predicted molar refractivity (Wildman–Crippen MR) is 117 cm³/mol. The molecule has 1 aliphatic rings. The second-order valence-electron chi connectivity index (χ2n) is 8.03. The van der Waals surface area contributed by atoms with Gasteiger partial charge in [0.05, 0.1) is 28.8 Å². The Labute approximate surface area is 176 Å². The van der Waals surface area contributed by atoms with Crippen molar-refractivity contribution in [1.82, 2.24) is 14.9 Å². The van der Waals surface area contributed by atoms with Gasteiger partial charge in [-0.05, 0) is 44.7 Å². The zero-order chi connectivity index (χ0) is 21.0. The van der Waals surface area contributed by atoms with Crippen molar-refractivity contribution in [3.63, 3.8) is 0 Å². The first-order valence-corrected chi connectivity index (χ1v) is 11.3. The summed E-state index contributed by atoms with van der Waals surface area (Å²) < 4.78 is 6.93. The van der Waals surface area contributed by atoms with Crippen molar-refractivity contribution in [2.24, 2.45) is 5.92 Å². The Kier molecular flexibility index (Phi) is 7.35. The number of methoxy groups -OCH3 is 1. The van der Waals surface area contributed by atoms with E-state index in [1.807, 2.05) is 32.0 Å². The van der Waals surface area contributed by atoms with Crippen molar-refractivity contribution in [3.8, 4) is 0 Å². The molecule has 2 aromatic rings. The van der Waals surface area contributed by atoms with Crippen LogP contribution in [0.1, 0.15) is 52.5 Å². The van der Waals surface area contributed by atoms with Gasteiger partial charge < -0.3 is 10.1 Å². The van der Waals surface area contributed by atoms with Crippen molar-refractivity contribution >= 4 is 28.6 Å². The van der Waals surface area contributed by atoms with Crippen molar-refractivity contribution in [1.29, 1.82) is 0 Å². The van der Waals surface area contributed by atoms with Gasteiger partial charge in [-0.1, -0.05) is 43.7 Å². The van der Waals surface area contributed by atoms with Gasteiger partial charge in [0, 0.05) is 13.2 Å². The average molecular weight is 418 g/mol. The number of nitrogens with one attached hydrogen (secondary N) is 1. The zero-order valence-electron chi connectivity index (χ0n) is 17.7. The molecule has 0 spiro atoms. The van der Waals surface area contributed by atoms with Gasteiger partial charge in [-0.3, -0.25) is 14.2 Å². The van der Waals surface area contributed by atoms with Gasteiger partial charge >= 0.3 is 0 Å². The third-order valence-corrected chi connectivity index (χ3v) is 6.78. The minimum absolute atomic E-state index is 0.00195. The SMILES string of the molecule is COC[C@H](C)n1c(S[C@H](C)C(=O)N[C@H]2CCCC[C@@H]2C)nc2ccccc2c1=O. The van der Waals surface area contributed by atoms with Crippen LogP contribution in [-0.4, -0.2) is 40.5 Å². The minimum atomic E-state index is -0.349. The highest BCUT2D eigenvalue weighted by atomic mass is 32.2. The summed E-state index contributed by atoms with van der Waals surface area (Å²) >= 11 is 1.34. The van der Waals surface area contributed by atoms with Gasteiger partial charge in [0.15, 0.2) is 5.16 Å². The van der Waals surface area contributed by atoms with Crippen LogP contribution < -0.4 is 10.9 Å². The summed E-state index contributed by atoms with van der Waals surface area (Å²) in [6, 6.07) is 7.38. The summed E-state index contributed by atoms with van der Waals surface area (Å²) in [5, 5.41) is 4.00. The standard InChI is InChI=1S/C22H31N3O3S/c1-14-9-5-7-11-18(14)23-20(26)16(3)29-22-24-19-12-8-6-10-17(19)21(27)25(22)15(2)13-28-4/h6,8,10,12,14-16,18H,5,7,9,11,13H2,1-4H3,(H,23,26)/t14-,15-,16+,18-/m0/s1. The summed E-state index contributed by atoms with van der Waals surface area (Å²) in [5.41, 5.74) is 0.547. The normalized spacial score (nSPS) is 21.7. The van der Waals surface area contributed by atoms with E-state index in [0.717, 1.165) is 19.3 Å². The topological polar surface area (TPSA) is 73.2 Å². The molecule has 1 aromatic carbocycles. The number of hydrogen-bond acceptors (Lipinski definition) is 5. The van der Waals surface area contributed by atoms with E-state index in [0.29, 0.717) is 28.6 Å². The Morgan fingerprint density at radius 1 is 1.31 bits per heavy atom. The number of ether oxygens (including phenoxy) is 1. The molecular weight excluding hydrogens is 386 g/mol. The lowest BCUT2D eigenvalue weighted by molar-refractivity contribution is -0.121. The molecule has 1 N–H and O–H groups in total. The number of fused-ring (bicyclic) bond motifs is 1. The fourth-order valence-electron chi connectivity index (χ4n) is 3.96. The van der Waals surface area contributed by atoms with E-state index in [1.54, 1.807) is 17.7 Å². The van der Waals surface area contributed by atoms with Crippen molar-refractivity contribution in [2.75, 3.05) is 13.7 Å². The molecule has 0 radical (unpaired) electrons. The van der Waals surface area contributed by atoms with Crippen LogP contribution in [0.5, 0.6) is 0 Å². The van der Waals surface area contributed by atoms with Crippen LogP contribution in [0, 0.1) is 5.92 Å². The molecule has 0 unspecified atom stereocenters. The van der Waals surface area contributed by atoms with Gasteiger partial charge in [-0.25, -0.2) is 4.98 Å². The van der Waals surface area contributed by atoms with Crippen LogP contribution in [0.15, 0.2) is 34.2 Å². The molecule has 1 fully saturated rings. The quantitative estimate of drug-likeness (QED) is 0.548. The third kappa shape index (κ3) is 5.01. The molecule has 1 aliphatic carbocycles. The van der Waals surface area contributed by atoms with Crippen LogP contribution in [0.2, 0.25) is 0 Å². The molecule has 3 rings (SSSR count). The Morgan fingerprint density at radius 2 is 2.03 bits per heavy atom. The first kappa shape index (κ1) is 21.8. The number of rotatable bonds is 7. The number of carbonyl (C=O) groups excluding carboxylic acids is 1. The second kappa shape index (κ2) is 9.76. The lowest BCUT2D eigenvalue weighted by Crippen LogP contribution is -2.44. The molecule has 29 heavy (non-hydrogen) atoms. The van der Waals surface area contributed by atoms with Gasteiger partial charge in [-0.15, -0.1) is 0 Å². The molecule has 1 aromatic heterocycles. The fourth-order valence-corrected chi connectivity index (χ4v) is 4.97. The molecule has 0 aliphatic heterocycles. The highest BCUT2D eigenvalue weighted by Crippen LogP contribution is 2.27. The highest BCUT2D eigenvalue weighted by molar-refractivity contribution is 8.00. The van der Waals surface area contributed by atoms with E-state index in [2.05, 4.69) is 12.2 Å². The van der Waals surface area contributed by atoms with Gasteiger partial charge in [-0.2, -0.15) is 0 Å². The third-order valence-electron chi connectivity index (χ3n) is 5.71. The van der Waals surface area contributed by atoms with Crippen LogP contribution in [0.25, 0.3) is 10.9 Å². The molecule has 7 heteroatoms. The lowest BCUT2D eigenvalue weighted by atomic mass is 9.86. The number of thioether (sulfide) groups is 1. The van der Waals surface area contributed by atoms with E-state index in [1.165, 1.54) is 18.2 Å². The zero-order valence-corrected chi connectivity index (χ0v) is 18.5. The minimum Gasteiger partial charge on any atom is -0.383 e. The fraction of sp³-hybridized carbons (Fsp3) is 0.591. The maximum absolute atomic E-state index is 13.1. The maximum Gasteiger partial charge on any atom is 0.262 e. The van der Waals surface area contributed by atoms with Gasteiger partial charge in [0.2, 0.25) is 5.91 Å². The number of nitrogens with zero attached hydrogens (tertiary/aromatic N) is 2. The largest absolute Gasteiger partial charge is 0.383 e. The smallest absolute Gasteiger partial charge is 0.262 e. The molecule has 1 saturated carbocycles. The van der Waals surface area contributed by atoms with Crippen LogP contribution in [0.3, 0.4) is 0 Å². The molecule has 6 nitrogen and oxygen atoms in total. The molecular formula is C22H31N3O3S. The van der Waals surface area contributed by atoms with E-state index >= 15 is 0 Å². The van der Waals surface area contributed by atoms with E-state index < -0.39 is 0 Å². The van der Waals surface area contributed by atoms with Crippen LogP contribution >= 0.6 is 11.8 Å². The monoisotopic (exact) mass is 417 g/mol. The number of amides is 1. The van der Waals surface area contributed by atoms with Gasteiger partial charge in [0.1, 0.15) is 0 Å². The first-order valence-electron chi connectivity index (χ1n) is 10.4. The maximum atomic E-state index is 13.1. The van der Waals surface area contributed by atoms with Crippen LogP contribution in [-0.2, 0) is 9.53 Å². The van der Waals surface area contributed by atoms with E-state index in [9.17, 15) is 9.59 Å². The summed E-state index contributed by atoms with van der Waals surface area (Å²) in [6.45, 7) is 6.41. The van der Waals surface area contributed by atoms with Crippen molar-refractivity contribution < 1.29 is 9.53 Å². The summed E-state index contributed by atoms with van der Waals surface area (Å²) in [7, 11) is 1.62. The number of benzene rings is 1. The summed E-state index contributed by atoms with van der Waals surface area (Å²) in [6.07, 6.45) is 4.60. The number of carbonyl (C=O) groups is 1. The molecule has 4 atom stereocenters. The molecule has 0 bridgehead atoms. The summed E-state index contributed by atoms with van der Waals surface area (Å²) in [4.78, 5) is 30.7. The molecule has 0 saturated heterocycles. The van der Waals surface area contributed by atoms with Crippen molar-refractivity contribution in [3.05, 3.63) is 34.6 Å². The molecule has 1 amide bonds. The predicted octanol–water partition coefficient (Wildman–Crippen LogP) is 3.78. The Morgan fingerprint density at radius 3 is 2.76 bits per heavy atom. The number of para-hydroxylation sites is 1. The lowest BCUT2D eigenvalue weighted by Gasteiger charge is -2.30. The Hall–Kier alpha value is -1.86. The molecule has 158 valence electrons. The summed E-state index contributed by atoms with van der Waals surface area (Å²) in [5.74, 6) is 0.505. The van der Waals surface area contributed by atoms with Crippen molar-refractivity contribution in [2.45, 2.75) is 68.9 Å². The second-order valence-corrected chi connectivity index (χ2v) is 9.34. The Bertz CT molecular complexity index is 914. The van der Waals surface area contributed by atoms with E-state index in [-0.39, 0.29) is 28.8 Å². The first-order chi connectivity index (χ1) is 13.9. The average Bonchev–Trinajstić information content (AvgIpc) is 2.70. The highest BCUT2D eigenvalue weighted by Gasteiger charge is 2.27. The van der Waals surface area contributed by atoms with Gasteiger partial charge in [0.25, 0.3) is 5.56 Å². The number of aromatic nitrogens is 2. The van der Waals surface area contributed by atoms with Crippen LogP contribution in [0.4, 0.5) is 0 Å².